The van der Waals surface area contributed by atoms with E-state index < -0.39 is 30.2 Å². The highest BCUT2D eigenvalue weighted by Gasteiger charge is 2.32. The van der Waals surface area contributed by atoms with Crippen LogP contribution in [0.5, 0.6) is 5.75 Å². The minimum atomic E-state index is -4.90. The highest BCUT2D eigenvalue weighted by molar-refractivity contribution is 5.93. The number of nitrogens with one attached hydrogen (secondary N) is 2. The molecule has 0 bridgehead atoms. The van der Waals surface area contributed by atoms with Crippen LogP contribution in [0.1, 0.15) is 6.92 Å². The Morgan fingerprint density at radius 1 is 1.30 bits per heavy atom. The number of benzene rings is 1. The largest absolute Gasteiger partial charge is 0.573 e. The van der Waals surface area contributed by atoms with Gasteiger partial charge in [0, 0.05) is 0 Å². The standard InChI is InChI=1S/C11H11F3N2O4/c1-6(9(17)18)15-10(19)16-7-4-2-3-5-8(7)20-11(12,13)14/h2-6H,1H3,(H,17,18)(H2,15,16,19)/t6-/m0/s1. The first-order valence-corrected chi connectivity index (χ1v) is 5.34. The maximum absolute atomic E-state index is 12.1. The van der Waals surface area contributed by atoms with Crippen LogP contribution in [-0.2, 0) is 4.79 Å². The SMILES string of the molecule is C[C@H](NC(=O)Nc1ccccc1OC(F)(F)F)C(=O)O. The molecule has 0 unspecified atom stereocenters. The Bertz CT molecular complexity index is 505. The number of carboxylic acids is 1. The van der Waals surface area contributed by atoms with Gasteiger partial charge in [-0.05, 0) is 19.1 Å². The minimum Gasteiger partial charge on any atom is -0.480 e. The molecule has 0 aliphatic carbocycles. The summed E-state index contributed by atoms with van der Waals surface area (Å²) in [6, 6.07) is 2.74. The second-order valence-corrected chi connectivity index (χ2v) is 3.70. The van der Waals surface area contributed by atoms with Crippen molar-refractivity contribution in [3.8, 4) is 5.75 Å². The Labute approximate surface area is 111 Å². The predicted molar refractivity (Wildman–Crippen MR) is 62.4 cm³/mol. The van der Waals surface area contributed by atoms with E-state index in [4.69, 9.17) is 5.11 Å². The molecule has 1 atom stereocenters. The van der Waals surface area contributed by atoms with E-state index in [1.165, 1.54) is 25.1 Å². The lowest BCUT2D eigenvalue weighted by molar-refractivity contribution is -0.274. The lowest BCUT2D eigenvalue weighted by Crippen LogP contribution is -2.41. The van der Waals surface area contributed by atoms with Crippen LogP contribution >= 0.6 is 0 Å². The fraction of sp³-hybridized carbons (Fsp3) is 0.273. The van der Waals surface area contributed by atoms with Crippen molar-refractivity contribution in [1.82, 2.24) is 5.32 Å². The summed E-state index contributed by atoms with van der Waals surface area (Å²) < 4.78 is 40.2. The maximum atomic E-state index is 12.1. The second-order valence-electron chi connectivity index (χ2n) is 3.70. The Balaban J connectivity index is 2.77. The monoisotopic (exact) mass is 292 g/mol. The van der Waals surface area contributed by atoms with E-state index >= 15 is 0 Å². The second kappa shape index (κ2) is 6.13. The normalized spacial score (nSPS) is 12.4. The fourth-order valence-corrected chi connectivity index (χ4v) is 1.20. The van der Waals surface area contributed by atoms with Gasteiger partial charge in [-0.15, -0.1) is 13.2 Å². The molecule has 0 saturated heterocycles. The van der Waals surface area contributed by atoms with E-state index in [0.717, 1.165) is 6.07 Å². The summed E-state index contributed by atoms with van der Waals surface area (Å²) in [6.07, 6.45) is -4.90. The summed E-state index contributed by atoms with van der Waals surface area (Å²) in [5, 5.41) is 12.7. The first-order valence-electron chi connectivity index (χ1n) is 5.34. The summed E-state index contributed by atoms with van der Waals surface area (Å²) in [6.45, 7) is 1.21. The van der Waals surface area contributed by atoms with E-state index in [2.05, 4.69) is 10.1 Å². The molecular weight excluding hydrogens is 281 g/mol. The van der Waals surface area contributed by atoms with Crippen molar-refractivity contribution in [2.45, 2.75) is 19.3 Å². The third-order valence-electron chi connectivity index (χ3n) is 2.08. The molecule has 9 heteroatoms. The minimum absolute atomic E-state index is 0.236. The molecule has 1 rings (SSSR count). The number of aliphatic carboxylic acids is 1. The number of hydrogen-bond donors (Lipinski definition) is 3. The van der Waals surface area contributed by atoms with Gasteiger partial charge in [0.25, 0.3) is 0 Å². The number of rotatable bonds is 4. The quantitative estimate of drug-likeness (QED) is 0.793. The number of hydrogen-bond acceptors (Lipinski definition) is 3. The Morgan fingerprint density at radius 3 is 2.45 bits per heavy atom. The topological polar surface area (TPSA) is 87.7 Å². The number of carbonyl (C=O) groups is 2. The number of para-hydroxylation sites is 2. The van der Waals surface area contributed by atoms with Crippen molar-refractivity contribution in [3.05, 3.63) is 24.3 Å². The molecule has 0 aliphatic heterocycles. The Hall–Kier alpha value is -2.45. The molecule has 3 N–H and O–H groups in total. The Kier molecular flexibility index (Phi) is 4.78. The van der Waals surface area contributed by atoms with Crippen molar-refractivity contribution >= 4 is 17.7 Å². The van der Waals surface area contributed by atoms with Crippen molar-refractivity contribution < 1.29 is 32.6 Å². The van der Waals surface area contributed by atoms with Gasteiger partial charge in [-0.25, -0.2) is 4.79 Å². The number of carboxylic acid groups (broad SMARTS) is 1. The molecule has 1 aromatic rings. The van der Waals surface area contributed by atoms with E-state index in [9.17, 15) is 22.8 Å². The van der Waals surface area contributed by atoms with Crippen LogP contribution in [0.25, 0.3) is 0 Å². The number of urea groups is 1. The zero-order valence-corrected chi connectivity index (χ0v) is 10.2. The predicted octanol–water partition coefficient (Wildman–Crippen LogP) is 2.18. The van der Waals surface area contributed by atoms with Gasteiger partial charge in [0.05, 0.1) is 5.69 Å². The zero-order valence-electron chi connectivity index (χ0n) is 10.2. The van der Waals surface area contributed by atoms with Gasteiger partial charge in [-0.1, -0.05) is 12.1 Å². The number of halogens is 3. The number of amides is 2. The van der Waals surface area contributed by atoms with Gasteiger partial charge in [0.1, 0.15) is 6.04 Å². The van der Waals surface area contributed by atoms with Gasteiger partial charge < -0.3 is 20.5 Å². The van der Waals surface area contributed by atoms with E-state index in [1.54, 1.807) is 0 Å². The number of ether oxygens (including phenoxy) is 1. The molecule has 0 heterocycles. The van der Waals surface area contributed by atoms with Crippen molar-refractivity contribution in [3.63, 3.8) is 0 Å². The van der Waals surface area contributed by atoms with Crippen LogP contribution in [0.2, 0.25) is 0 Å². The number of anilines is 1. The molecule has 6 nitrogen and oxygen atoms in total. The molecule has 0 radical (unpaired) electrons. The third kappa shape index (κ3) is 5.04. The molecule has 0 aliphatic rings. The molecule has 0 saturated carbocycles. The molecule has 0 aromatic heterocycles. The van der Waals surface area contributed by atoms with E-state index in [0.29, 0.717) is 0 Å². The summed E-state index contributed by atoms with van der Waals surface area (Å²) >= 11 is 0. The van der Waals surface area contributed by atoms with Crippen molar-refractivity contribution in [2.24, 2.45) is 0 Å². The van der Waals surface area contributed by atoms with Gasteiger partial charge in [-0.3, -0.25) is 4.79 Å². The average molecular weight is 292 g/mol. The van der Waals surface area contributed by atoms with Crippen LogP contribution in [0.15, 0.2) is 24.3 Å². The summed E-state index contributed by atoms with van der Waals surface area (Å²) in [4.78, 5) is 21.9. The fourth-order valence-electron chi connectivity index (χ4n) is 1.20. The van der Waals surface area contributed by atoms with Gasteiger partial charge in [-0.2, -0.15) is 0 Å². The Morgan fingerprint density at radius 2 is 1.90 bits per heavy atom. The third-order valence-corrected chi connectivity index (χ3v) is 2.08. The molecule has 20 heavy (non-hydrogen) atoms. The first kappa shape index (κ1) is 15.6. The molecule has 1 aromatic carbocycles. The van der Waals surface area contributed by atoms with Crippen LogP contribution < -0.4 is 15.4 Å². The molecule has 0 spiro atoms. The smallest absolute Gasteiger partial charge is 0.480 e. The van der Waals surface area contributed by atoms with Gasteiger partial charge in [0.15, 0.2) is 5.75 Å². The van der Waals surface area contributed by atoms with E-state index in [-0.39, 0.29) is 5.69 Å². The molecular formula is C11H11F3N2O4. The average Bonchev–Trinajstić information content (AvgIpc) is 2.29. The highest BCUT2D eigenvalue weighted by Crippen LogP contribution is 2.29. The molecule has 2 amide bonds. The lowest BCUT2D eigenvalue weighted by atomic mass is 10.3. The first-order chi connectivity index (χ1) is 9.19. The summed E-state index contributed by atoms with van der Waals surface area (Å²) in [5.41, 5.74) is -0.236. The van der Waals surface area contributed by atoms with Gasteiger partial charge in [0.2, 0.25) is 0 Å². The van der Waals surface area contributed by atoms with Gasteiger partial charge >= 0.3 is 18.4 Å². The summed E-state index contributed by atoms with van der Waals surface area (Å²) in [7, 11) is 0. The lowest BCUT2D eigenvalue weighted by Gasteiger charge is -2.15. The summed E-state index contributed by atoms with van der Waals surface area (Å²) in [5.74, 6) is -1.88. The van der Waals surface area contributed by atoms with Crippen molar-refractivity contribution in [2.75, 3.05) is 5.32 Å². The maximum Gasteiger partial charge on any atom is 0.573 e. The van der Waals surface area contributed by atoms with Crippen LogP contribution in [-0.4, -0.2) is 29.5 Å². The van der Waals surface area contributed by atoms with E-state index in [1.807, 2.05) is 5.32 Å². The van der Waals surface area contributed by atoms with Crippen LogP contribution in [0, 0.1) is 0 Å². The highest BCUT2D eigenvalue weighted by atomic mass is 19.4. The zero-order chi connectivity index (χ0) is 15.3. The number of carbonyl (C=O) groups excluding carboxylic acids is 1. The van der Waals surface area contributed by atoms with Crippen LogP contribution in [0.3, 0.4) is 0 Å². The van der Waals surface area contributed by atoms with Crippen LogP contribution in [0.4, 0.5) is 23.7 Å². The van der Waals surface area contributed by atoms with Crippen molar-refractivity contribution in [1.29, 1.82) is 0 Å². The number of alkyl halides is 3. The molecule has 0 fully saturated rings. The molecule has 110 valence electrons.